The molecule has 0 bridgehead atoms. The van der Waals surface area contributed by atoms with Crippen molar-refractivity contribution in [2.45, 2.75) is 31.7 Å². The Balaban J connectivity index is -0.0000000356. The van der Waals surface area contributed by atoms with Crippen molar-refractivity contribution in [2.24, 2.45) is 5.73 Å². The summed E-state index contributed by atoms with van der Waals surface area (Å²) in [5.74, 6) is 0. The van der Waals surface area contributed by atoms with E-state index in [4.69, 9.17) is 23.3 Å². The predicted octanol–water partition coefficient (Wildman–Crippen LogP) is -1.94. The quantitative estimate of drug-likeness (QED) is 0.331. The molecule has 9 N–H and O–H groups in total. The molecule has 1 aliphatic rings. The SMILES string of the molecule is N.NC1CCCC1.O.O.O=S(=O)([O-])[O-].[Pt+2]. The van der Waals surface area contributed by atoms with Crippen LogP contribution in [-0.2, 0) is 31.5 Å². The fraction of sp³-hybridized carbons (Fsp3) is 1.00. The molecule has 0 amide bonds. The third kappa shape index (κ3) is 40.4. The van der Waals surface area contributed by atoms with Gasteiger partial charge < -0.3 is 31.9 Å². The summed E-state index contributed by atoms with van der Waals surface area (Å²) in [6.45, 7) is 0. The van der Waals surface area contributed by atoms with Crippen LogP contribution in [0.1, 0.15) is 25.7 Å². The minimum Gasteiger partial charge on any atom is -0.759 e. The zero-order valence-electron chi connectivity index (χ0n) is 8.05. The monoisotopic (exact) mass is 429 g/mol. The van der Waals surface area contributed by atoms with Crippen molar-refractivity contribution < 1.29 is 49.5 Å². The fourth-order valence-corrected chi connectivity index (χ4v) is 0.957. The second kappa shape index (κ2) is 14.4. The van der Waals surface area contributed by atoms with Crippen LogP contribution < -0.4 is 11.9 Å². The smallest absolute Gasteiger partial charge is 0.759 e. The average molecular weight is 429 g/mol. The summed E-state index contributed by atoms with van der Waals surface area (Å²) in [5.41, 5.74) is 5.53. The number of rotatable bonds is 0. The summed E-state index contributed by atoms with van der Waals surface area (Å²) in [6.07, 6.45) is 5.25. The Hall–Kier alpha value is 0.398. The van der Waals surface area contributed by atoms with Crippen molar-refractivity contribution in [3.63, 3.8) is 0 Å². The molecule has 0 heterocycles. The number of hydrogen-bond acceptors (Lipinski definition) is 6. The van der Waals surface area contributed by atoms with Gasteiger partial charge in [-0.15, -0.1) is 0 Å². The molecular weight excluding hydrogens is 411 g/mol. The van der Waals surface area contributed by atoms with Gasteiger partial charge in [-0.1, -0.05) is 12.8 Å². The van der Waals surface area contributed by atoms with Gasteiger partial charge >= 0.3 is 21.1 Å². The Morgan fingerprint density at radius 3 is 1.33 bits per heavy atom. The number of hydrogen-bond donors (Lipinski definition) is 2. The Kier molecular flexibility index (Phi) is 28.3. The van der Waals surface area contributed by atoms with E-state index in [-0.39, 0.29) is 38.2 Å². The summed E-state index contributed by atoms with van der Waals surface area (Å²) >= 11 is 0. The Morgan fingerprint density at radius 2 is 1.27 bits per heavy atom. The van der Waals surface area contributed by atoms with Crippen LogP contribution >= 0.6 is 0 Å². The van der Waals surface area contributed by atoms with E-state index < -0.39 is 10.4 Å². The van der Waals surface area contributed by atoms with Crippen LogP contribution in [0.5, 0.6) is 0 Å². The van der Waals surface area contributed by atoms with Gasteiger partial charge in [0.1, 0.15) is 0 Å². The molecule has 10 heteroatoms. The van der Waals surface area contributed by atoms with Crippen molar-refractivity contribution in [2.75, 3.05) is 0 Å². The van der Waals surface area contributed by atoms with Gasteiger partial charge in [0.2, 0.25) is 0 Å². The maximum Gasteiger partial charge on any atom is 2.00 e. The molecular formula is C5H18N2O6PtS. The minimum atomic E-state index is -5.17. The summed E-state index contributed by atoms with van der Waals surface area (Å²) in [4.78, 5) is 0. The predicted molar refractivity (Wildman–Crippen MR) is 49.2 cm³/mol. The van der Waals surface area contributed by atoms with Gasteiger partial charge in [0.15, 0.2) is 0 Å². The van der Waals surface area contributed by atoms with Crippen LogP contribution in [0.2, 0.25) is 0 Å². The minimum absolute atomic E-state index is 0. The third-order valence-corrected chi connectivity index (χ3v) is 1.40. The molecule has 0 unspecified atom stereocenters. The van der Waals surface area contributed by atoms with E-state index in [1.54, 1.807) is 0 Å². The van der Waals surface area contributed by atoms with Crippen LogP contribution in [0.15, 0.2) is 0 Å². The third-order valence-electron chi connectivity index (χ3n) is 1.40. The van der Waals surface area contributed by atoms with Crippen molar-refractivity contribution in [1.82, 2.24) is 6.15 Å². The second-order valence-electron chi connectivity index (χ2n) is 2.45. The van der Waals surface area contributed by atoms with Crippen LogP contribution in [0.4, 0.5) is 0 Å². The zero-order valence-corrected chi connectivity index (χ0v) is 11.1. The molecule has 1 saturated carbocycles. The van der Waals surface area contributed by atoms with Gasteiger partial charge in [-0.3, -0.25) is 8.42 Å². The largest absolute Gasteiger partial charge is 2.00 e. The van der Waals surface area contributed by atoms with E-state index in [2.05, 4.69) is 0 Å². The van der Waals surface area contributed by atoms with Gasteiger partial charge in [-0.05, 0) is 12.8 Å². The first-order valence-electron chi connectivity index (χ1n) is 3.32. The molecule has 0 atom stereocenters. The molecule has 0 radical (unpaired) electrons. The van der Waals surface area contributed by atoms with Gasteiger partial charge in [0, 0.05) is 16.4 Å². The van der Waals surface area contributed by atoms with Gasteiger partial charge in [0.05, 0.1) is 0 Å². The van der Waals surface area contributed by atoms with Crippen molar-refractivity contribution in [1.29, 1.82) is 0 Å². The van der Waals surface area contributed by atoms with E-state index >= 15 is 0 Å². The molecule has 0 aromatic heterocycles. The zero-order chi connectivity index (χ0) is 8.91. The van der Waals surface area contributed by atoms with Crippen molar-refractivity contribution in [3.05, 3.63) is 0 Å². The first kappa shape index (κ1) is 29.5. The van der Waals surface area contributed by atoms with E-state index in [1.165, 1.54) is 25.7 Å². The standard InChI is InChI=1S/C5H11N.H3N.H2O4S.2H2O.Pt/c6-5-3-1-2-4-5;;1-5(2,3)4;;;/h5H,1-4,6H2;1H3;(H2,1,2,3,4);2*1H2;/q;;;;;+2/p-2. The van der Waals surface area contributed by atoms with Crippen LogP contribution in [0.25, 0.3) is 0 Å². The normalized spacial score (nSPS) is 14.1. The first-order valence-corrected chi connectivity index (χ1v) is 4.65. The van der Waals surface area contributed by atoms with E-state index in [0.29, 0.717) is 6.04 Å². The molecule has 0 aromatic carbocycles. The second-order valence-corrected chi connectivity index (χ2v) is 3.27. The maximum atomic E-state index is 8.52. The van der Waals surface area contributed by atoms with Crippen LogP contribution in [0.3, 0.4) is 0 Å². The summed E-state index contributed by atoms with van der Waals surface area (Å²) in [6, 6.07) is 0.546. The van der Waals surface area contributed by atoms with Crippen molar-refractivity contribution >= 4 is 10.4 Å². The topological polar surface area (TPSA) is 204 Å². The van der Waals surface area contributed by atoms with Crippen molar-refractivity contribution in [3.8, 4) is 0 Å². The Morgan fingerprint density at radius 1 is 1.07 bits per heavy atom. The molecule has 1 aliphatic carbocycles. The molecule has 1 fully saturated rings. The molecule has 0 aliphatic heterocycles. The van der Waals surface area contributed by atoms with E-state index in [1.807, 2.05) is 0 Å². The van der Waals surface area contributed by atoms with Gasteiger partial charge in [-0.25, -0.2) is 0 Å². The molecule has 100 valence electrons. The maximum absolute atomic E-state index is 8.52. The molecule has 0 aromatic rings. The van der Waals surface area contributed by atoms with E-state index in [9.17, 15) is 0 Å². The van der Waals surface area contributed by atoms with E-state index in [0.717, 1.165) is 0 Å². The van der Waals surface area contributed by atoms with Crippen LogP contribution in [-0.4, -0.2) is 34.5 Å². The first-order chi connectivity index (χ1) is 4.89. The summed E-state index contributed by atoms with van der Waals surface area (Å²) < 4.78 is 34.1. The Bertz CT molecular complexity index is 186. The number of nitrogens with two attached hydrogens (primary N) is 1. The average Bonchev–Trinajstić information content (AvgIpc) is 2.12. The Labute approximate surface area is 104 Å². The van der Waals surface area contributed by atoms with Gasteiger partial charge in [-0.2, -0.15) is 0 Å². The van der Waals surface area contributed by atoms with Crippen LogP contribution in [0, 0.1) is 0 Å². The molecule has 0 saturated heterocycles. The van der Waals surface area contributed by atoms with Gasteiger partial charge in [0.25, 0.3) is 0 Å². The summed E-state index contributed by atoms with van der Waals surface area (Å²) in [7, 11) is -5.17. The fourth-order valence-electron chi connectivity index (χ4n) is 0.957. The molecule has 15 heavy (non-hydrogen) atoms. The summed E-state index contributed by atoms with van der Waals surface area (Å²) in [5, 5.41) is 0. The molecule has 8 nitrogen and oxygen atoms in total. The molecule has 1 rings (SSSR count). The molecule has 0 spiro atoms.